The van der Waals surface area contributed by atoms with Gasteiger partial charge in [0.15, 0.2) is 0 Å². The average Bonchev–Trinajstić information content (AvgIpc) is 2.75. The topological polar surface area (TPSA) is 66.5 Å². The zero-order valence-corrected chi connectivity index (χ0v) is 18.7. The van der Waals surface area contributed by atoms with Gasteiger partial charge < -0.3 is 5.32 Å². The van der Waals surface area contributed by atoms with Crippen LogP contribution >= 0.6 is 0 Å². The maximum atomic E-state index is 12.8. The Bertz CT molecular complexity index is 927. The van der Waals surface area contributed by atoms with Crippen LogP contribution in [0.25, 0.3) is 0 Å². The molecule has 2 aromatic carbocycles. The highest BCUT2D eigenvalue weighted by Crippen LogP contribution is 2.22. The average molecular weight is 429 g/mol. The molecule has 1 heterocycles. The minimum atomic E-state index is -3.35. The van der Waals surface area contributed by atoms with Crippen molar-refractivity contribution < 1.29 is 13.2 Å². The molecular formula is C24H32N2O3S. The lowest BCUT2D eigenvalue weighted by Crippen LogP contribution is -2.46. The van der Waals surface area contributed by atoms with Crippen LogP contribution < -0.4 is 5.32 Å². The van der Waals surface area contributed by atoms with Gasteiger partial charge in [0.25, 0.3) is 0 Å². The van der Waals surface area contributed by atoms with Crippen molar-refractivity contribution in [3.05, 3.63) is 71.3 Å². The normalized spacial score (nSPS) is 18.7. The molecule has 0 spiro atoms. The zero-order valence-electron chi connectivity index (χ0n) is 17.9. The molecule has 3 rings (SSSR count). The number of rotatable bonds is 8. The standard InChI is InChI=1S/C24H32N2O3S/c1-19-12-14-22(15-13-19)20(2)25-24(27)23-11-6-16-26(18-23)30(28,29)17-7-10-21-8-4-3-5-9-21/h3-5,8-9,12-15,20,23H,6-7,10-11,16-18H2,1-2H3,(H,25,27)/t20-,23-/m0/s1. The maximum Gasteiger partial charge on any atom is 0.224 e. The summed E-state index contributed by atoms with van der Waals surface area (Å²) < 4.78 is 27.1. The van der Waals surface area contributed by atoms with Crippen molar-refractivity contribution >= 4 is 15.9 Å². The van der Waals surface area contributed by atoms with Crippen molar-refractivity contribution in [3.63, 3.8) is 0 Å². The van der Waals surface area contributed by atoms with E-state index in [1.165, 1.54) is 9.87 Å². The summed E-state index contributed by atoms with van der Waals surface area (Å²) in [5.41, 5.74) is 3.38. The number of amides is 1. The highest BCUT2D eigenvalue weighted by atomic mass is 32.2. The van der Waals surface area contributed by atoms with E-state index < -0.39 is 10.0 Å². The molecule has 1 N–H and O–H groups in total. The van der Waals surface area contributed by atoms with E-state index in [4.69, 9.17) is 0 Å². The van der Waals surface area contributed by atoms with E-state index in [0.29, 0.717) is 13.0 Å². The largest absolute Gasteiger partial charge is 0.349 e. The Hall–Kier alpha value is -2.18. The molecule has 1 saturated heterocycles. The van der Waals surface area contributed by atoms with Gasteiger partial charge >= 0.3 is 0 Å². The van der Waals surface area contributed by atoms with Gasteiger partial charge in [-0.25, -0.2) is 12.7 Å². The van der Waals surface area contributed by atoms with E-state index >= 15 is 0 Å². The van der Waals surface area contributed by atoms with E-state index in [1.807, 2.05) is 68.4 Å². The first-order valence-corrected chi connectivity index (χ1v) is 12.3. The Balaban J connectivity index is 1.53. The molecule has 30 heavy (non-hydrogen) atoms. The van der Waals surface area contributed by atoms with E-state index in [-0.39, 0.29) is 30.2 Å². The number of carbonyl (C=O) groups is 1. The molecule has 2 atom stereocenters. The third-order valence-electron chi connectivity index (χ3n) is 5.79. The number of nitrogens with one attached hydrogen (secondary N) is 1. The van der Waals surface area contributed by atoms with Crippen LogP contribution in [0.2, 0.25) is 0 Å². The molecule has 1 amide bonds. The molecule has 162 valence electrons. The van der Waals surface area contributed by atoms with E-state index in [1.54, 1.807) is 0 Å². The fraction of sp³-hybridized carbons (Fsp3) is 0.458. The monoisotopic (exact) mass is 428 g/mol. The smallest absolute Gasteiger partial charge is 0.224 e. The SMILES string of the molecule is Cc1ccc([C@H](C)NC(=O)[C@H]2CCCN(S(=O)(=O)CCCc3ccccc3)C2)cc1. The van der Waals surface area contributed by atoms with Gasteiger partial charge in [0.2, 0.25) is 15.9 Å². The highest BCUT2D eigenvalue weighted by molar-refractivity contribution is 7.89. The number of piperidine rings is 1. The molecule has 0 aromatic heterocycles. The molecule has 0 unspecified atom stereocenters. The number of benzene rings is 2. The van der Waals surface area contributed by atoms with Crippen LogP contribution in [0.1, 0.15) is 48.9 Å². The van der Waals surface area contributed by atoms with Crippen LogP contribution in [-0.2, 0) is 21.2 Å². The predicted octanol–water partition coefficient (Wildman–Crippen LogP) is 3.85. The maximum absolute atomic E-state index is 12.8. The Morgan fingerprint density at radius 1 is 1.13 bits per heavy atom. The van der Waals surface area contributed by atoms with Gasteiger partial charge in [0, 0.05) is 13.1 Å². The van der Waals surface area contributed by atoms with E-state index in [9.17, 15) is 13.2 Å². The van der Waals surface area contributed by atoms with Gasteiger partial charge in [0.05, 0.1) is 17.7 Å². The first-order chi connectivity index (χ1) is 14.3. The molecule has 2 aromatic rings. The minimum absolute atomic E-state index is 0.0627. The van der Waals surface area contributed by atoms with Crippen LogP contribution in [-0.4, -0.2) is 37.5 Å². The summed E-state index contributed by atoms with van der Waals surface area (Å²) in [5, 5.41) is 3.06. The van der Waals surface area contributed by atoms with Crippen molar-refractivity contribution in [1.82, 2.24) is 9.62 Å². The summed E-state index contributed by atoms with van der Waals surface area (Å²) in [6, 6.07) is 17.9. The second-order valence-corrected chi connectivity index (χ2v) is 10.3. The number of carbonyl (C=O) groups excluding carboxylic acids is 1. The molecule has 6 heteroatoms. The lowest BCUT2D eigenvalue weighted by molar-refractivity contribution is -0.126. The van der Waals surface area contributed by atoms with Crippen molar-refractivity contribution in [3.8, 4) is 0 Å². The van der Waals surface area contributed by atoms with E-state index in [0.717, 1.165) is 30.4 Å². The molecule has 1 aliphatic heterocycles. The first-order valence-electron chi connectivity index (χ1n) is 10.7. The molecule has 1 fully saturated rings. The Kier molecular flexibility index (Phi) is 7.67. The van der Waals surface area contributed by atoms with Crippen molar-refractivity contribution in [2.45, 2.75) is 45.6 Å². The van der Waals surface area contributed by atoms with E-state index in [2.05, 4.69) is 5.32 Å². The van der Waals surface area contributed by atoms with Crippen molar-refractivity contribution in [2.24, 2.45) is 5.92 Å². The number of nitrogens with zero attached hydrogens (tertiary/aromatic N) is 1. The zero-order chi connectivity index (χ0) is 21.6. The number of hydrogen-bond donors (Lipinski definition) is 1. The molecule has 0 bridgehead atoms. The second kappa shape index (κ2) is 10.2. The molecule has 0 saturated carbocycles. The Morgan fingerprint density at radius 2 is 1.83 bits per heavy atom. The third kappa shape index (κ3) is 6.16. The summed E-state index contributed by atoms with van der Waals surface area (Å²) in [6.07, 6.45) is 2.77. The molecule has 5 nitrogen and oxygen atoms in total. The predicted molar refractivity (Wildman–Crippen MR) is 121 cm³/mol. The lowest BCUT2D eigenvalue weighted by Gasteiger charge is -2.32. The summed E-state index contributed by atoms with van der Waals surface area (Å²) >= 11 is 0. The van der Waals surface area contributed by atoms with Gasteiger partial charge in [-0.05, 0) is 50.7 Å². The number of hydrogen-bond acceptors (Lipinski definition) is 3. The second-order valence-electron chi connectivity index (χ2n) is 8.24. The highest BCUT2D eigenvalue weighted by Gasteiger charge is 2.32. The Morgan fingerprint density at radius 3 is 2.53 bits per heavy atom. The van der Waals surface area contributed by atoms with Gasteiger partial charge in [0.1, 0.15) is 0 Å². The van der Waals surface area contributed by atoms with Gasteiger partial charge in [-0.2, -0.15) is 0 Å². The molecule has 0 aliphatic carbocycles. The molecular weight excluding hydrogens is 396 g/mol. The van der Waals surface area contributed by atoms with Gasteiger partial charge in [-0.3, -0.25) is 4.79 Å². The Labute approximate surface area is 180 Å². The summed E-state index contributed by atoms with van der Waals surface area (Å²) in [7, 11) is -3.35. The first kappa shape index (κ1) is 22.5. The van der Waals surface area contributed by atoms with Crippen molar-refractivity contribution in [1.29, 1.82) is 0 Å². The molecule has 1 aliphatic rings. The summed E-state index contributed by atoms with van der Waals surface area (Å²) in [5.74, 6) is -0.237. The molecule has 0 radical (unpaired) electrons. The minimum Gasteiger partial charge on any atom is -0.349 e. The van der Waals surface area contributed by atoms with Crippen LogP contribution in [0.3, 0.4) is 0 Å². The van der Waals surface area contributed by atoms with Crippen LogP contribution in [0.4, 0.5) is 0 Å². The lowest BCUT2D eigenvalue weighted by atomic mass is 9.97. The fourth-order valence-corrected chi connectivity index (χ4v) is 5.49. The van der Waals surface area contributed by atoms with Crippen molar-refractivity contribution in [2.75, 3.05) is 18.8 Å². The summed E-state index contributed by atoms with van der Waals surface area (Å²) in [6.45, 7) is 4.78. The number of aryl methyl sites for hydroxylation is 2. The number of sulfonamides is 1. The summed E-state index contributed by atoms with van der Waals surface area (Å²) in [4.78, 5) is 12.8. The third-order valence-corrected chi connectivity index (χ3v) is 7.72. The quantitative estimate of drug-likeness (QED) is 0.695. The van der Waals surface area contributed by atoms with Crippen LogP contribution in [0.15, 0.2) is 54.6 Å². The van der Waals surface area contributed by atoms with Crippen LogP contribution in [0.5, 0.6) is 0 Å². The van der Waals surface area contributed by atoms with Gasteiger partial charge in [-0.15, -0.1) is 0 Å². The fourth-order valence-electron chi connectivity index (χ4n) is 3.91. The van der Waals surface area contributed by atoms with Crippen LogP contribution in [0, 0.1) is 12.8 Å². The van der Waals surface area contributed by atoms with Gasteiger partial charge in [-0.1, -0.05) is 60.2 Å².